The summed E-state index contributed by atoms with van der Waals surface area (Å²) in [6, 6.07) is 8.37. The van der Waals surface area contributed by atoms with Gasteiger partial charge in [-0.15, -0.1) is 0 Å². The van der Waals surface area contributed by atoms with Gasteiger partial charge >= 0.3 is 0 Å². The van der Waals surface area contributed by atoms with E-state index < -0.39 is 0 Å². The summed E-state index contributed by atoms with van der Waals surface area (Å²) in [4.78, 5) is 12.1. The molecule has 0 radical (unpaired) electrons. The summed E-state index contributed by atoms with van der Waals surface area (Å²) < 4.78 is 0. The van der Waals surface area contributed by atoms with Crippen LogP contribution >= 0.6 is 0 Å². The van der Waals surface area contributed by atoms with Crippen molar-refractivity contribution in [2.45, 2.75) is 46.0 Å². The van der Waals surface area contributed by atoms with Crippen molar-refractivity contribution in [3.8, 4) is 0 Å². The van der Waals surface area contributed by atoms with Gasteiger partial charge in [-0.25, -0.2) is 0 Å². The zero-order valence-electron chi connectivity index (χ0n) is 13.3. The number of rotatable bonds is 6. The van der Waals surface area contributed by atoms with Crippen LogP contribution in [0.15, 0.2) is 24.3 Å². The molecule has 2 rings (SSSR count). The fourth-order valence-corrected chi connectivity index (χ4v) is 3.06. The normalized spacial score (nSPS) is 18.7. The zero-order valence-corrected chi connectivity index (χ0v) is 13.3. The highest BCUT2D eigenvalue weighted by atomic mass is 16.1. The summed E-state index contributed by atoms with van der Waals surface area (Å²) in [5.74, 6) is 1.02. The van der Waals surface area contributed by atoms with Crippen LogP contribution in [-0.4, -0.2) is 19.0 Å². The summed E-state index contributed by atoms with van der Waals surface area (Å²) in [5.41, 5.74) is 2.28. The minimum Gasteiger partial charge on any atom is -0.326 e. The predicted molar refractivity (Wildman–Crippen MR) is 88.4 cm³/mol. The summed E-state index contributed by atoms with van der Waals surface area (Å²) >= 11 is 0. The molecule has 1 aromatic rings. The minimum atomic E-state index is 0.123. The van der Waals surface area contributed by atoms with E-state index in [9.17, 15) is 4.79 Å². The van der Waals surface area contributed by atoms with Gasteiger partial charge in [-0.2, -0.15) is 0 Å². The van der Waals surface area contributed by atoms with E-state index in [-0.39, 0.29) is 11.8 Å². The van der Waals surface area contributed by atoms with Crippen LogP contribution in [0.25, 0.3) is 0 Å². The van der Waals surface area contributed by atoms with Gasteiger partial charge in [-0.05, 0) is 68.8 Å². The molecular weight excluding hydrogens is 260 g/mol. The van der Waals surface area contributed by atoms with Crippen LogP contribution in [0, 0.1) is 11.8 Å². The van der Waals surface area contributed by atoms with Crippen LogP contribution in [0.3, 0.4) is 0 Å². The number of hydrogen-bond acceptors (Lipinski definition) is 2. The molecule has 1 aliphatic heterocycles. The molecule has 0 aliphatic carbocycles. The molecule has 1 aliphatic rings. The van der Waals surface area contributed by atoms with E-state index in [4.69, 9.17) is 0 Å². The van der Waals surface area contributed by atoms with Gasteiger partial charge in [0, 0.05) is 11.6 Å². The van der Waals surface area contributed by atoms with Crippen molar-refractivity contribution in [1.29, 1.82) is 0 Å². The quantitative estimate of drug-likeness (QED) is 0.839. The van der Waals surface area contributed by atoms with Gasteiger partial charge in [0.05, 0.1) is 0 Å². The van der Waals surface area contributed by atoms with E-state index in [1.54, 1.807) is 0 Å². The Bertz CT molecular complexity index is 431. The van der Waals surface area contributed by atoms with Crippen molar-refractivity contribution in [3.63, 3.8) is 0 Å². The Morgan fingerprint density at radius 3 is 2.57 bits per heavy atom. The number of nitrogens with one attached hydrogen (secondary N) is 2. The fourth-order valence-electron chi connectivity index (χ4n) is 3.06. The standard InChI is InChI=1S/C18H28N2O/c1-3-16(4-2)18(21)20-17-9-7-14(8-10-17)12-15-6-5-11-19-13-15/h7-10,15-16,19H,3-6,11-13H2,1-2H3,(H,20,21). The lowest BCUT2D eigenvalue weighted by molar-refractivity contribution is -0.120. The van der Waals surface area contributed by atoms with E-state index >= 15 is 0 Å². The monoisotopic (exact) mass is 288 g/mol. The number of hydrogen-bond donors (Lipinski definition) is 2. The maximum absolute atomic E-state index is 12.1. The molecule has 0 saturated carbocycles. The van der Waals surface area contributed by atoms with Crippen molar-refractivity contribution in [3.05, 3.63) is 29.8 Å². The molecule has 1 unspecified atom stereocenters. The lowest BCUT2D eigenvalue weighted by Crippen LogP contribution is -2.30. The Kier molecular flexibility index (Phi) is 6.24. The van der Waals surface area contributed by atoms with Gasteiger partial charge in [0.15, 0.2) is 0 Å². The molecule has 0 spiro atoms. The lowest BCUT2D eigenvalue weighted by atomic mass is 9.92. The first-order valence-corrected chi connectivity index (χ1v) is 8.33. The third-order valence-electron chi connectivity index (χ3n) is 4.50. The Morgan fingerprint density at radius 1 is 1.29 bits per heavy atom. The molecule has 1 atom stereocenters. The van der Waals surface area contributed by atoms with E-state index in [0.717, 1.165) is 44.0 Å². The minimum absolute atomic E-state index is 0.123. The molecule has 3 nitrogen and oxygen atoms in total. The number of benzene rings is 1. The zero-order chi connectivity index (χ0) is 15.1. The molecular formula is C18H28N2O. The first-order chi connectivity index (χ1) is 10.2. The highest BCUT2D eigenvalue weighted by Crippen LogP contribution is 2.19. The molecule has 1 heterocycles. The van der Waals surface area contributed by atoms with E-state index in [1.165, 1.54) is 18.4 Å². The molecule has 1 aromatic carbocycles. The van der Waals surface area contributed by atoms with Gasteiger partial charge < -0.3 is 10.6 Å². The molecule has 0 aromatic heterocycles. The SMILES string of the molecule is CCC(CC)C(=O)Nc1ccc(CC2CCCNC2)cc1. The van der Waals surface area contributed by atoms with Crippen LogP contribution in [0.5, 0.6) is 0 Å². The first kappa shape index (κ1) is 16.0. The van der Waals surface area contributed by atoms with Gasteiger partial charge in [-0.1, -0.05) is 26.0 Å². The topological polar surface area (TPSA) is 41.1 Å². The number of carbonyl (C=O) groups excluding carboxylic acids is 1. The Labute approximate surface area is 128 Å². The Balaban J connectivity index is 1.87. The number of anilines is 1. The Hall–Kier alpha value is -1.35. The second kappa shape index (κ2) is 8.18. The highest BCUT2D eigenvalue weighted by Gasteiger charge is 2.15. The maximum atomic E-state index is 12.1. The van der Waals surface area contributed by atoms with Gasteiger partial charge in [0.2, 0.25) is 5.91 Å². The largest absolute Gasteiger partial charge is 0.326 e. The highest BCUT2D eigenvalue weighted by molar-refractivity contribution is 5.92. The van der Waals surface area contributed by atoms with E-state index in [0.29, 0.717) is 0 Å². The van der Waals surface area contributed by atoms with Gasteiger partial charge in [0.25, 0.3) is 0 Å². The number of amides is 1. The van der Waals surface area contributed by atoms with Crippen molar-refractivity contribution < 1.29 is 4.79 Å². The predicted octanol–water partition coefficient (Wildman–Crippen LogP) is 3.60. The fraction of sp³-hybridized carbons (Fsp3) is 0.611. The van der Waals surface area contributed by atoms with Gasteiger partial charge in [0.1, 0.15) is 0 Å². The van der Waals surface area contributed by atoms with Crippen molar-refractivity contribution in [2.75, 3.05) is 18.4 Å². The second-order valence-electron chi connectivity index (χ2n) is 6.12. The average molecular weight is 288 g/mol. The number of carbonyl (C=O) groups is 1. The summed E-state index contributed by atoms with van der Waals surface area (Å²) in [7, 11) is 0. The maximum Gasteiger partial charge on any atom is 0.227 e. The third kappa shape index (κ3) is 4.85. The lowest BCUT2D eigenvalue weighted by Gasteiger charge is -2.22. The molecule has 21 heavy (non-hydrogen) atoms. The van der Waals surface area contributed by atoms with E-state index in [2.05, 4.69) is 36.6 Å². The molecule has 0 bridgehead atoms. The third-order valence-corrected chi connectivity index (χ3v) is 4.50. The molecule has 2 N–H and O–H groups in total. The van der Waals surface area contributed by atoms with Crippen molar-refractivity contribution >= 4 is 11.6 Å². The molecule has 1 fully saturated rings. The number of piperidine rings is 1. The summed E-state index contributed by atoms with van der Waals surface area (Å²) in [6.45, 7) is 6.43. The Morgan fingerprint density at radius 2 is 2.00 bits per heavy atom. The van der Waals surface area contributed by atoms with E-state index in [1.807, 2.05) is 12.1 Å². The second-order valence-corrected chi connectivity index (χ2v) is 6.12. The van der Waals surface area contributed by atoms with Gasteiger partial charge in [-0.3, -0.25) is 4.79 Å². The molecule has 1 saturated heterocycles. The van der Waals surface area contributed by atoms with Crippen molar-refractivity contribution in [2.24, 2.45) is 11.8 Å². The molecule has 116 valence electrons. The van der Waals surface area contributed by atoms with Crippen LogP contribution < -0.4 is 10.6 Å². The smallest absolute Gasteiger partial charge is 0.227 e. The molecule has 1 amide bonds. The van der Waals surface area contributed by atoms with Crippen LogP contribution in [0.1, 0.15) is 45.1 Å². The first-order valence-electron chi connectivity index (χ1n) is 8.33. The summed E-state index contributed by atoms with van der Waals surface area (Å²) in [5, 5.41) is 6.48. The average Bonchev–Trinajstić information content (AvgIpc) is 2.51. The summed E-state index contributed by atoms with van der Waals surface area (Å²) in [6.07, 6.45) is 5.53. The molecule has 3 heteroatoms. The van der Waals surface area contributed by atoms with Crippen LogP contribution in [-0.2, 0) is 11.2 Å². The van der Waals surface area contributed by atoms with Crippen LogP contribution in [0.2, 0.25) is 0 Å². The van der Waals surface area contributed by atoms with Crippen LogP contribution in [0.4, 0.5) is 5.69 Å². The van der Waals surface area contributed by atoms with Crippen molar-refractivity contribution in [1.82, 2.24) is 5.32 Å².